The fourth-order valence-electron chi connectivity index (χ4n) is 2.73. The number of carbonyl (C=O) groups is 2. The fraction of sp³-hybridized carbons (Fsp3) is 0.333. The van der Waals surface area contributed by atoms with Crippen molar-refractivity contribution in [3.63, 3.8) is 0 Å². The maximum Gasteiger partial charge on any atom is 0.249 e. The molecule has 2 aromatic carbocycles. The predicted molar refractivity (Wildman–Crippen MR) is 118 cm³/mol. The van der Waals surface area contributed by atoms with Gasteiger partial charge in [-0.05, 0) is 69.0 Å². The van der Waals surface area contributed by atoms with Crippen molar-refractivity contribution in [3.05, 3.63) is 47.5 Å². The number of nitrogens with one attached hydrogen (secondary N) is 1. The van der Waals surface area contributed by atoms with Crippen LogP contribution in [-0.4, -0.2) is 37.3 Å². The van der Waals surface area contributed by atoms with E-state index >= 15 is 0 Å². The van der Waals surface area contributed by atoms with Gasteiger partial charge in [-0.1, -0.05) is 12.1 Å². The first-order chi connectivity index (χ1) is 14.4. The molecular weight excluding hydrogens is 422 g/mol. The highest BCUT2D eigenvalue weighted by molar-refractivity contribution is 8.10. The summed E-state index contributed by atoms with van der Waals surface area (Å²) in [6, 6.07) is 8.72. The third kappa shape index (κ3) is 6.11. The molecule has 0 heterocycles. The highest BCUT2D eigenvalue weighted by Gasteiger charge is 2.34. The van der Waals surface area contributed by atoms with Gasteiger partial charge in [0.1, 0.15) is 23.4 Å². The fourth-order valence-corrected chi connectivity index (χ4v) is 3.34. The number of aromatic hydroxyl groups is 3. The average molecular weight is 450 g/mol. The number of nitrogens with two attached hydrogens (primary N) is 2. The Labute approximate surface area is 184 Å². The van der Waals surface area contributed by atoms with Gasteiger partial charge in [0.05, 0.1) is 5.54 Å². The first-order valence-corrected chi connectivity index (χ1v) is 10.1. The Morgan fingerprint density at radius 1 is 1.00 bits per heavy atom. The quantitative estimate of drug-likeness (QED) is 0.143. The van der Waals surface area contributed by atoms with Gasteiger partial charge in [-0.25, -0.2) is 5.43 Å². The Morgan fingerprint density at radius 2 is 1.58 bits per heavy atom. The first-order valence-electron chi connectivity index (χ1n) is 9.37. The lowest BCUT2D eigenvalue weighted by molar-refractivity contribution is -0.121. The van der Waals surface area contributed by atoms with Gasteiger partial charge >= 0.3 is 0 Å². The van der Waals surface area contributed by atoms with Crippen LogP contribution in [0.25, 0.3) is 0 Å². The summed E-state index contributed by atoms with van der Waals surface area (Å²) >= 11 is 0.483. The topological polar surface area (TPSA) is 168 Å². The van der Waals surface area contributed by atoms with E-state index in [9.17, 15) is 24.9 Å². The smallest absolute Gasteiger partial charge is 0.249 e. The van der Waals surface area contributed by atoms with Crippen LogP contribution in [0.1, 0.15) is 31.9 Å². The van der Waals surface area contributed by atoms with Crippen molar-refractivity contribution >= 4 is 22.9 Å². The van der Waals surface area contributed by atoms with Crippen LogP contribution in [0, 0.1) is 0 Å². The van der Waals surface area contributed by atoms with Crippen LogP contribution in [0.4, 0.5) is 0 Å². The van der Waals surface area contributed by atoms with Crippen LogP contribution < -0.4 is 21.2 Å². The number of benzene rings is 2. The molecule has 0 aliphatic heterocycles. The number of hydrazine groups is 1. The minimum atomic E-state index is -1.27. The van der Waals surface area contributed by atoms with E-state index in [2.05, 4.69) is 5.43 Å². The van der Waals surface area contributed by atoms with E-state index in [1.54, 1.807) is 26.0 Å². The number of hydrogen-bond acceptors (Lipinski definition) is 10. The second-order valence-corrected chi connectivity index (χ2v) is 8.59. The molecule has 0 aliphatic carbocycles. The average Bonchev–Trinajstić information content (AvgIpc) is 2.70. The zero-order chi connectivity index (χ0) is 23.4. The van der Waals surface area contributed by atoms with Crippen molar-refractivity contribution in [1.82, 2.24) is 5.43 Å². The van der Waals surface area contributed by atoms with Crippen LogP contribution in [0.5, 0.6) is 23.0 Å². The molecule has 2 atom stereocenters. The summed E-state index contributed by atoms with van der Waals surface area (Å²) in [6.07, 6.45) is 0.326. The summed E-state index contributed by atoms with van der Waals surface area (Å²) in [5, 5.41) is 28.7. The molecule has 0 fully saturated rings. The Hall–Kier alpha value is -2.79. The second kappa shape index (κ2) is 9.56. The van der Waals surface area contributed by atoms with Crippen LogP contribution in [0.3, 0.4) is 0 Å². The minimum Gasteiger partial charge on any atom is -0.504 e. The third-order valence-corrected chi connectivity index (χ3v) is 5.84. The molecule has 31 heavy (non-hydrogen) atoms. The zero-order valence-electron chi connectivity index (χ0n) is 17.5. The molecule has 168 valence electrons. The van der Waals surface area contributed by atoms with Gasteiger partial charge in [0, 0.05) is 0 Å². The summed E-state index contributed by atoms with van der Waals surface area (Å²) in [4.78, 5) is 24.4. The summed E-state index contributed by atoms with van der Waals surface area (Å²) < 4.78 is 5.45. The van der Waals surface area contributed by atoms with Crippen LogP contribution in [0.2, 0.25) is 0 Å². The van der Waals surface area contributed by atoms with Crippen LogP contribution in [0.15, 0.2) is 36.4 Å². The molecule has 8 N–H and O–H groups in total. The SMILES string of the molecule is CC(=O)C(C)(N)Cc1ccc(O)c(OSC(=O)C(C)(Cc2ccc(O)c(O)c2)NN)c1. The van der Waals surface area contributed by atoms with E-state index in [1.807, 2.05) is 0 Å². The molecule has 2 rings (SSSR count). The van der Waals surface area contributed by atoms with Crippen molar-refractivity contribution in [1.29, 1.82) is 0 Å². The molecule has 2 aromatic rings. The minimum absolute atomic E-state index is 0.0388. The molecule has 0 saturated heterocycles. The number of ketones is 1. The molecule has 0 spiro atoms. The number of carbonyl (C=O) groups excluding carboxylic acids is 2. The summed E-state index contributed by atoms with van der Waals surface area (Å²) in [7, 11) is 0. The maximum atomic E-state index is 12.8. The van der Waals surface area contributed by atoms with E-state index in [-0.39, 0.29) is 41.6 Å². The summed E-state index contributed by atoms with van der Waals surface area (Å²) in [5.74, 6) is 4.68. The standard InChI is InChI=1S/C21H27N3O6S/c1-12(25)20(2,22)10-14-5-7-16(27)18(9-14)30-31-19(29)21(3,24-23)11-13-4-6-15(26)17(28)8-13/h4-9,24,26-28H,10-11,22-23H2,1-3H3. The molecular formula is C21H27N3O6S. The molecule has 0 aliphatic rings. The van der Waals surface area contributed by atoms with Crippen LogP contribution in [-0.2, 0) is 22.4 Å². The number of Topliss-reactive ketones (excluding diaryl/α,β-unsaturated/α-hetero) is 1. The lowest BCUT2D eigenvalue weighted by atomic mass is 9.90. The van der Waals surface area contributed by atoms with Crippen LogP contribution >= 0.6 is 12.0 Å². The molecule has 0 saturated carbocycles. The van der Waals surface area contributed by atoms with Gasteiger partial charge in [-0.3, -0.25) is 15.4 Å². The Kier molecular flexibility index (Phi) is 7.55. The van der Waals surface area contributed by atoms with E-state index in [1.165, 1.54) is 31.2 Å². The van der Waals surface area contributed by atoms with Gasteiger partial charge in [-0.15, -0.1) is 0 Å². The highest BCUT2D eigenvalue weighted by Crippen LogP contribution is 2.33. The van der Waals surface area contributed by atoms with Gasteiger partial charge in [0.25, 0.3) is 0 Å². The molecule has 0 aromatic heterocycles. The summed E-state index contributed by atoms with van der Waals surface area (Å²) in [5.41, 5.74) is 7.32. The molecule has 2 unspecified atom stereocenters. The van der Waals surface area contributed by atoms with E-state index < -0.39 is 16.2 Å². The highest BCUT2D eigenvalue weighted by atomic mass is 32.2. The van der Waals surface area contributed by atoms with Crippen molar-refractivity contribution in [2.45, 2.75) is 44.7 Å². The lowest BCUT2D eigenvalue weighted by Gasteiger charge is -2.26. The van der Waals surface area contributed by atoms with Gasteiger partial charge in [-0.2, -0.15) is 0 Å². The maximum absolute atomic E-state index is 12.8. The monoisotopic (exact) mass is 449 g/mol. The van der Waals surface area contributed by atoms with Crippen molar-refractivity contribution in [3.8, 4) is 23.0 Å². The Balaban J connectivity index is 2.13. The normalized spacial score (nSPS) is 15.0. The van der Waals surface area contributed by atoms with Crippen molar-refractivity contribution in [2.75, 3.05) is 0 Å². The predicted octanol–water partition coefficient (Wildman–Crippen LogP) is 1.67. The number of phenolic OH excluding ortho intramolecular Hbond substituents is 3. The summed E-state index contributed by atoms with van der Waals surface area (Å²) in [6.45, 7) is 4.57. The molecule has 0 radical (unpaired) electrons. The lowest BCUT2D eigenvalue weighted by Crippen LogP contribution is -2.53. The van der Waals surface area contributed by atoms with Crippen molar-refractivity contribution in [2.24, 2.45) is 11.6 Å². The molecule has 0 bridgehead atoms. The Morgan fingerprint density at radius 3 is 2.13 bits per heavy atom. The second-order valence-electron chi connectivity index (χ2n) is 7.88. The third-order valence-electron chi connectivity index (χ3n) is 4.97. The number of rotatable bonds is 9. The first kappa shape index (κ1) is 24.5. The van der Waals surface area contributed by atoms with Gasteiger partial charge < -0.3 is 25.2 Å². The van der Waals surface area contributed by atoms with Gasteiger partial charge in [0.15, 0.2) is 23.0 Å². The largest absolute Gasteiger partial charge is 0.504 e. The van der Waals surface area contributed by atoms with Gasteiger partial charge in [0.2, 0.25) is 5.12 Å². The van der Waals surface area contributed by atoms with E-state index in [4.69, 9.17) is 15.8 Å². The Bertz CT molecular complexity index is 982. The van der Waals surface area contributed by atoms with E-state index in [0.717, 1.165) is 0 Å². The van der Waals surface area contributed by atoms with E-state index in [0.29, 0.717) is 23.2 Å². The van der Waals surface area contributed by atoms with Crippen molar-refractivity contribution < 1.29 is 29.1 Å². The molecule has 9 nitrogen and oxygen atoms in total. The molecule has 10 heteroatoms. The number of phenols is 3. The number of hydrogen-bond donors (Lipinski definition) is 6. The zero-order valence-corrected chi connectivity index (χ0v) is 18.3. The molecule has 0 amide bonds.